The van der Waals surface area contributed by atoms with E-state index in [2.05, 4.69) is 5.32 Å². The minimum absolute atomic E-state index is 0.0917. The molecule has 28 heavy (non-hydrogen) atoms. The molecule has 1 aliphatic rings. The lowest BCUT2D eigenvalue weighted by molar-refractivity contribution is -0.140. The van der Waals surface area contributed by atoms with E-state index in [0.717, 1.165) is 0 Å². The number of carbonyl (C=O) groups excluding carboxylic acids is 4. The molecular formula is C21H36N2O5. The summed E-state index contributed by atoms with van der Waals surface area (Å²) in [6.07, 6.45) is 1.46. The zero-order chi connectivity index (χ0) is 21.5. The number of carbonyl (C=O) groups is 4. The number of hydrogen-bond acceptors (Lipinski definition) is 5. The number of Topliss-reactive ketones (excluding diaryl/α,β-unsaturated/α-hetero) is 1. The molecule has 0 spiro atoms. The first-order valence-electron chi connectivity index (χ1n) is 10.1. The van der Waals surface area contributed by atoms with Gasteiger partial charge in [-0.05, 0) is 11.8 Å². The lowest BCUT2D eigenvalue weighted by atomic mass is 9.80. The highest BCUT2D eigenvalue weighted by Gasteiger charge is 2.44. The van der Waals surface area contributed by atoms with Crippen LogP contribution in [0.3, 0.4) is 0 Å². The second-order valence-electron chi connectivity index (χ2n) is 9.50. The van der Waals surface area contributed by atoms with Crippen molar-refractivity contribution in [2.24, 2.45) is 16.7 Å². The summed E-state index contributed by atoms with van der Waals surface area (Å²) in [6, 6.07) is 0. The Hall–Kier alpha value is -1.76. The van der Waals surface area contributed by atoms with Crippen LogP contribution in [0.25, 0.3) is 0 Å². The molecule has 0 aromatic carbocycles. The van der Waals surface area contributed by atoms with E-state index in [-0.39, 0.29) is 59.6 Å². The predicted octanol–water partition coefficient (Wildman–Crippen LogP) is 2.33. The monoisotopic (exact) mass is 396 g/mol. The average Bonchev–Trinajstić information content (AvgIpc) is 2.85. The number of hydrogen-bond donors (Lipinski definition) is 1. The molecule has 7 nitrogen and oxygen atoms in total. The van der Waals surface area contributed by atoms with Crippen molar-refractivity contribution < 1.29 is 23.9 Å². The van der Waals surface area contributed by atoms with Gasteiger partial charge in [-0.1, -0.05) is 41.5 Å². The van der Waals surface area contributed by atoms with Crippen molar-refractivity contribution in [2.75, 3.05) is 26.3 Å². The third kappa shape index (κ3) is 7.70. The van der Waals surface area contributed by atoms with E-state index in [1.54, 1.807) is 0 Å². The average molecular weight is 397 g/mol. The Labute approximate surface area is 168 Å². The van der Waals surface area contributed by atoms with Gasteiger partial charge in [0.2, 0.25) is 17.7 Å². The third-order valence-electron chi connectivity index (χ3n) is 4.95. The van der Waals surface area contributed by atoms with E-state index in [0.29, 0.717) is 32.6 Å². The number of likely N-dealkylation sites (tertiary alicyclic amines) is 1. The zero-order valence-corrected chi connectivity index (χ0v) is 18.2. The van der Waals surface area contributed by atoms with Gasteiger partial charge in [-0.15, -0.1) is 0 Å². The standard InChI is InChI=1S/C21H36N2O5/c1-20(2,3)15-14-18(26)23(19(15)27)11-9-17(25)22-10-13-28-12-7-8-16(24)21(4,5)6/h15H,7-14H2,1-6H3,(H,22,25). The van der Waals surface area contributed by atoms with Gasteiger partial charge in [0, 0.05) is 44.4 Å². The molecule has 0 radical (unpaired) electrons. The summed E-state index contributed by atoms with van der Waals surface area (Å²) >= 11 is 0. The van der Waals surface area contributed by atoms with E-state index in [4.69, 9.17) is 4.74 Å². The van der Waals surface area contributed by atoms with Crippen molar-refractivity contribution >= 4 is 23.5 Å². The van der Waals surface area contributed by atoms with E-state index in [9.17, 15) is 19.2 Å². The molecule has 1 atom stereocenters. The van der Waals surface area contributed by atoms with Gasteiger partial charge in [0.15, 0.2) is 0 Å². The van der Waals surface area contributed by atoms with Crippen LogP contribution in [-0.2, 0) is 23.9 Å². The summed E-state index contributed by atoms with van der Waals surface area (Å²) in [7, 11) is 0. The highest BCUT2D eigenvalue weighted by molar-refractivity contribution is 6.04. The number of rotatable bonds is 10. The molecule has 1 saturated heterocycles. The maximum Gasteiger partial charge on any atom is 0.233 e. The second-order valence-corrected chi connectivity index (χ2v) is 9.50. The molecule has 3 amide bonds. The predicted molar refractivity (Wildman–Crippen MR) is 106 cm³/mol. The molecule has 7 heteroatoms. The van der Waals surface area contributed by atoms with Gasteiger partial charge in [0.25, 0.3) is 0 Å². The smallest absolute Gasteiger partial charge is 0.233 e. The van der Waals surface area contributed by atoms with E-state index in [1.807, 2.05) is 41.5 Å². The van der Waals surface area contributed by atoms with Crippen LogP contribution in [0, 0.1) is 16.7 Å². The molecule has 0 aromatic rings. The lowest BCUT2D eigenvalue weighted by Crippen LogP contribution is -2.37. The van der Waals surface area contributed by atoms with Crippen molar-refractivity contribution in [1.82, 2.24) is 10.2 Å². The van der Waals surface area contributed by atoms with Crippen LogP contribution in [0.2, 0.25) is 0 Å². The molecule has 1 fully saturated rings. The fourth-order valence-corrected chi connectivity index (χ4v) is 2.97. The van der Waals surface area contributed by atoms with Crippen LogP contribution in [0.4, 0.5) is 0 Å². The topological polar surface area (TPSA) is 92.8 Å². The summed E-state index contributed by atoms with van der Waals surface area (Å²) in [5.74, 6) is -0.707. The van der Waals surface area contributed by atoms with Crippen LogP contribution >= 0.6 is 0 Å². The Balaban J connectivity index is 2.17. The van der Waals surface area contributed by atoms with Crippen LogP contribution < -0.4 is 5.32 Å². The van der Waals surface area contributed by atoms with Crippen molar-refractivity contribution in [3.8, 4) is 0 Å². The molecule has 0 aliphatic carbocycles. The molecule has 1 rings (SSSR count). The molecule has 160 valence electrons. The maximum absolute atomic E-state index is 12.4. The van der Waals surface area contributed by atoms with Gasteiger partial charge in [-0.25, -0.2) is 0 Å². The number of amides is 3. The van der Waals surface area contributed by atoms with Gasteiger partial charge in [0.05, 0.1) is 12.5 Å². The first-order valence-corrected chi connectivity index (χ1v) is 10.1. The minimum atomic E-state index is -0.320. The minimum Gasteiger partial charge on any atom is -0.380 e. The summed E-state index contributed by atoms with van der Waals surface area (Å²) < 4.78 is 5.43. The summed E-state index contributed by atoms with van der Waals surface area (Å²) in [5, 5.41) is 2.72. The number of nitrogens with one attached hydrogen (secondary N) is 1. The normalized spacial score (nSPS) is 17.9. The molecule has 1 unspecified atom stereocenters. The van der Waals surface area contributed by atoms with Crippen molar-refractivity contribution in [2.45, 2.75) is 67.2 Å². The third-order valence-corrected chi connectivity index (χ3v) is 4.95. The lowest BCUT2D eigenvalue weighted by Gasteiger charge is -2.24. The summed E-state index contributed by atoms with van der Waals surface area (Å²) in [6.45, 7) is 12.8. The molecule has 0 saturated carbocycles. The van der Waals surface area contributed by atoms with Gasteiger partial charge in [-0.2, -0.15) is 0 Å². The first kappa shape index (κ1) is 24.3. The van der Waals surface area contributed by atoms with Crippen LogP contribution in [0.15, 0.2) is 0 Å². The molecule has 0 aromatic heterocycles. The Morgan fingerprint density at radius 1 is 1.07 bits per heavy atom. The fourth-order valence-electron chi connectivity index (χ4n) is 2.97. The summed E-state index contributed by atoms with van der Waals surface area (Å²) in [5.41, 5.74) is -0.586. The first-order chi connectivity index (χ1) is 12.8. The zero-order valence-electron chi connectivity index (χ0n) is 18.2. The van der Waals surface area contributed by atoms with Crippen LogP contribution in [0.5, 0.6) is 0 Å². The second kappa shape index (κ2) is 10.1. The highest BCUT2D eigenvalue weighted by atomic mass is 16.5. The van der Waals surface area contributed by atoms with E-state index >= 15 is 0 Å². The van der Waals surface area contributed by atoms with Crippen molar-refractivity contribution in [3.63, 3.8) is 0 Å². The quantitative estimate of drug-likeness (QED) is 0.452. The number of nitrogens with zero attached hydrogens (tertiary/aromatic N) is 1. The summed E-state index contributed by atoms with van der Waals surface area (Å²) in [4.78, 5) is 49.3. The molecular weight excluding hydrogens is 360 g/mol. The van der Waals surface area contributed by atoms with E-state index < -0.39 is 0 Å². The SMILES string of the molecule is CC(C)(C)C(=O)CCCOCCNC(=O)CCN1C(=O)CC(C(C)(C)C)C1=O. The number of ether oxygens (including phenoxy) is 1. The fraction of sp³-hybridized carbons (Fsp3) is 0.810. The van der Waals surface area contributed by atoms with Gasteiger partial charge in [0.1, 0.15) is 5.78 Å². The van der Waals surface area contributed by atoms with Crippen LogP contribution in [-0.4, -0.2) is 54.7 Å². The highest BCUT2D eigenvalue weighted by Crippen LogP contribution is 2.35. The van der Waals surface area contributed by atoms with Crippen molar-refractivity contribution in [3.05, 3.63) is 0 Å². The Morgan fingerprint density at radius 3 is 2.25 bits per heavy atom. The Bertz CT molecular complexity index is 587. The van der Waals surface area contributed by atoms with Gasteiger partial charge >= 0.3 is 0 Å². The van der Waals surface area contributed by atoms with Crippen molar-refractivity contribution in [1.29, 1.82) is 0 Å². The van der Waals surface area contributed by atoms with Gasteiger partial charge < -0.3 is 10.1 Å². The Kier molecular flexibility index (Phi) is 8.79. The molecule has 0 bridgehead atoms. The van der Waals surface area contributed by atoms with Gasteiger partial charge in [-0.3, -0.25) is 24.1 Å². The maximum atomic E-state index is 12.4. The Morgan fingerprint density at radius 2 is 1.71 bits per heavy atom. The molecule has 1 N–H and O–H groups in total. The van der Waals surface area contributed by atoms with Crippen LogP contribution in [0.1, 0.15) is 67.2 Å². The molecule has 1 aliphatic heterocycles. The number of imide groups is 1. The number of ketones is 1. The van der Waals surface area contributed by atoms with E-state index in [1.165, 1.54) is 4.90 Å². The largest absolute Gasteiger partial charge is 0.380 e. The molecule has 1 heterocycles.